The second-order valence-electron chi connectivity index (χ2n) is 4.01. The van der Waals surface area contributed by atoms with Gasteiger partial charge in [-0.15, -0.1) is 0 Å². The number of halogens is 1. The zero-order chi connectivity index (χ0) is 12.4. The van der Waals surface area contributed by atoms with Crippen LogP contribution in [0.5, 0.6) is 0 Å². The summed E-state index contributed by atoms with van der Waals surface area (Å²) in [6.45, 7) is 4.02. The van der Waals surface area contributed by atoms with Crippen LogP contribution in [-0.4, -0.2) is 10.1 Å². The molecule has 1 aromatic carbocycles. The van der Waals surface area contributed by atoms with Gasteiger partial charge in [0.15, 0.2) is 5.82 Å². The van der Waals surface area contributed by atoms with Gasteiger partial charge < -0.3 is 10.3 Å². The Bertz CT molecular complexity index is 524. The highest BCUT2D eigenvalue weighted by molar-refractivity contribution is 5.60. The fourth-order valence-electron chi connectivity index (χ4n) is 1.43. The minimum Gasteiger partial charge on any atom is -0.399 e. The Morgan fingerprint density at radius 1 is 1.47 bits per heavy atom. The number of hydrogen-bond donors (Lipinski definition) is 1. The van der Waals surface area contributed by atoms with Gasteiger partial charge in [0.25, 0.3) is 5.89 Å². The van der Waals surface area contributed by atoms with E-state index in [-0.39, 0.29) is 17.4 Å². The summed E-state index contributed by atoms with van der Waals surface area (Å²) in [5.41, 5.74) is 6.31. The van der Waals surface area contributed by atoms with Gasteiger partial charge >= 0.3 is 0 Å². The minimum atomic E-state index is -0.418. The van der Waals surface area contributed by atoms with Gasteiger partial charge in [0.2, 0.25) is 0 Å². The molecular formula is C12H14FN3O. The van der Waals surface area contributed by atoms with E-state index >= 15 is 0 Å². The Balaban J connectivity index is 2.40. The van der Waals surface area contributed by atoms with Crippen LogP contribution in [0.1, 0.15) is 32.0 Å². The van der Waals surface area contributed by atoms with Crippen LogP contribution in [0.3, 0.4) is 0 Å². The summed E-state index contributed by atoms with van der Waals surface area (Å²) in [6.07, 6.45) is 0.901. The Labute approximate surface area is 98.6 Å². The van der Waals surface area contributed by atoms with Gasteiger partial charge in [-0.1, -0.05) is 19.0 Å². The number of nitrogens with two attached hydrogens (primary N) is 1. The highest BCUT2D eigenvalue weighted by Crippen LogP contribution is 2.25. The molecule has 0 saturated heterocycles. The van der Waals surface area contributed by atoms with Gasteiger partial charge in [-0.3, -0.25) is 0 Å². The summed E-state index contributed by atoms with van der Waals surface area (Å²) in [5.74, 6) is 0.532. The quantitative estimate of drug-likeness (QED) is 0.830. The molecule has 90 valence electrons. The predicted octanol–water partition coefficient (Wildman–Crippen LogP) is 2.97. The molecule has 4 nitrogen and oxygen atoms in total. The van der Waals surface area contributed by atoms with Crippen molar-refractivity contribution in [3.8, 4) is 11.5 Å². The topological polar surface area (TPSA) is 64.9 Å². The van der Waals surface area contributed by atoms with Crippen LogP contribution >= 0.6 is 0 Å². The molecule has 0 radical (unpaired) electrons. The summed E-state index contributed by atoms with van der Waals surface area (Å²) in [7, 11) is 0. The smallest absolute Gasteiger partial charge is 0.260 e. The van der Waals surface area contributed by atoms with Crippen LogP contribution in [0, 0.1) is 5.82 Å². The molecule has 0 bridgehead atoms. The van der Waals surface area contributed by atoms with Crippen LogP contribution in [0.25, 0.3) is 11.5 Å². The molecule has 5 heteroatoms. The molecule has 0 spiro atoms. The normalized spacial score (nSPS) is 12.6. The van der Waals surface area contributed by atoms with Crippen molar-refractivity contribution in [2.24, 2.45) is 0 Å². The lowest BCUT2D eigenvalue weighted by molar-refractivity contribution is 0.414. The maximum absolute atomic E-state index is 13.6. The molecule has 0 fully saturated rings. The second kappa shape index (κ2) is 4.53. The Hall–Kier alpha value is -1.91. The van der Waals surface area contributed by atoms with Gasteiger partial charge in [-0.2, -0.15) is 4.98 Å². The van der Waals surface area contributed by atoms with Gasteiger partial charge in [-0.05, 0) is 24.6 Å². The summed E-state index contributed by atoms with van der Waals surface area (Å²) >= 11 is 0. The molecule has 17 heavy (non-hydrogen) atoms. The van der Waals surface area contributed by atoms with Crippen LogP contribution in [0.15, 0.2) is 22.7 Å². The molecule has 1 unspecified atom stereocenters. The van der Waals surface area contributed by atoms with E-state index in [1.54, 1.807) is 0 Å². The standard InChI is InChI=1S/C12H14FN3O/c1-3-7(2)11-15-12(17-16-11)9-6-8(14)4-5-10(9)13/h4-7H,3,14H2,1-2H3. The third-order valence-corrected chi connectivity index (χ3v) is 2.72. The Kier molecular flexibility index (Phi) is 3.08. The van der Waals surface area contributed by atoms with E-state index in [0.29, 0.717) is 11.5 Å². The number of benzene rings is 1. The van der Waals surface area contributed by atoms with E-state index in [9.17, 15) is 4.39 Å². The van der Waals surface area contributed by atoms with Gasteiger partial charge in [0.1, 0.15) is 5.82 Å². The van der Waals surface area contributed by atoms with E-state index < -0.39 is 5.82 Å². The van der Waals surface area contributed by atoms with Crippen molar-refractivity contribution in [2.45, 2.75) is 26.2 Å². The molecule has 2 rings (SSSR count). The number of nitrogens with zero attached hydrogens (tertiary/aromatic N) is 2. The molecule has 2 N–H and O–H groups in total. The van der Waals surface area contributed by atoms with E-state index in [2.05, 4.69) is 10.1 Å². The summed E-state index contributed by atoms with van der Waals surface area (Å²) in [5, 5.41) is 3.84. The summed E-state index contributed by atoms with van der Waals surface area (Å²) in [4.78, 5) is 4.18. The molecule has 0 saturated carbocycles. The third-order valence-electron chi connectivity index (χ3n) is 2.72. The molecule has 0 amide bonds. The molecular weight excluding hydrogens is 221 g/mol. The largest absolute Gasteiger partial charge is 0.399 e. The van der Waals surface area contributed by atoms with Crippen molar-refractivity contribution < 1.29 is 8.91 Å². The van der Waals surface area contributed by atoms with Crippen molar-refractivity contribution in [1.29, 1.82) is 0 Å². The zero-order valence-electron chi connectivity index (χ0n) is 9.77. The van der Waals surface area contributed by atoms with Gasteiger partial charge in [0.05, 0.1) is 5.56 Å². The Morgan fingerprint density at radius 3 is 2.94 bits per heavy atom. The first-order valence-corrected chi connectivity index (χ1v) is 5.50. The fourth-order valence-corrected chi connectivity index (χ4v) is 1.43. The molecule has 0 aliphatic carbocycles. The SMILES string of the molecule is CCC(C)c1noc(-c2cc(N)ccc2F)n1. The highest BCUT2D eigenvalue weighted by atomic mass is 19.1. The maximum Gasteiger partial charge on any atom is 0.260 e. The van der Waals surface area contributed by atoms with Crippen molar-refractivity contribution in [3.05, 3.63) is 29.8 Å². The zero-order valence-corrected chi connectivity index (χ0v) is 9.77. The van der Waals surface area contributed by atoms with Crippen molar-refractivity contribution in [3.63, 3.8) is 0 Å². The first kappa shape index (κ1) is 11.6. The number of rotatable bonds is 3. The predicted molar refractivity (Wildman–Crippen MR) is 62.8 cm³/mol. The maximum atomic E-state index is 13.6. The van der Waals surface area contributed by atoms with Crippen molar-refractivity contribution in [2.75, 3.05) is 5.73 Å². The fraction of sp³-hybridized carbons (Fsp3) is 0.333. The number of aromatic nitrogens is 2. The number of anilines is 1. The lowest BCUT2D eigenvalue weighted by Gasteiger charge is -2.00. The summed E-state index contributed by atoms with van der Waals surface area (Å²) in [6, 6.07) is 4.27. The average Bonchev–Trinajstić information content (AvgIpc) is 2.80. The van der Waals surface area contributed by atoms with Crippen molar-refractivity contribution in [1.82, 2.24) is 10.1 Å². The van der Waals surface area contributed by atoms with E-state index in [4.69, 9.17) is 10.3 Å². The second-order valence-corrected chi connectivity index (χ2v) is 4.01. The third kappa shape index (κ3) is 2.27. The van der Waals surface area contributed by atoms with Gasteiger partial charge in [0, 0.05) is 11.6 Å². The molecule has 1 atom stereocenters. The first-order chi connectivity index (χ1) is 8.11. The lowest BCUT2D eigenvalue weighted by atomic mass is 10.1. The number of hydrogen-bond acceptors (Lipinski definition) is 4. The molecule has 1 aromatic heterocycles. The average molecular weight is 235 g/mol. The van der Waals surface area contributed by atoms with Crippen LogP contribution in [-0.2, 0) is 0 Å². The van der Waals surface area contributed by atoms with Crippen LogP contribution in [0.2, 0.25) is 0 Å². The highest BCUT2D eigenvalue weighted by Gasteiger charge is 2.16. The molecule has 0 aliphatic heterocycles. The minimum absolute atomic E-state index is 0.171. The summed E-state index contributed by atoms with van der Waals surface area (Å²) < 4.78 is 18.6. The first-order valence-electron chi connectivity index (χ1n) is 5.50. The van der Waals surface area contributed by atoms with Crippen molar-refractivity contribution >= 4 is 5.69 Å². The van der Waals surface area contributed by atoms with E-state index in [1.807, 2.05) is 13.8 Å². The number of nitrogen functional groups attached to an aromatic ring is 1. The lowest BCUT2D eigenvalue weighted by Crippen LogP contribution is -1.94. The van der Waals surface area contributed by atoms with Crippen LogP contribution in [0.4, 0.5) is 10.1 Å². The molecule has 1 heterocycles. The van der Waals surface area contributed by atoms with E-state index in [1.165, 1.54) is 18.2 Å². The molecule has 2 aromatic rings. The Morgan fingerprint density at radius 2 is 2.24 bits per heavy atom. The van der Waals surface area contributed by atoms with Gasteiger partial charge in [-0.25, -0.2) is 4.39 Å². The monoisotopic (exact) mass is 235 g/mol. The van der Waals surface area contributed by atoms with Crippen LogP contribution < -0.4 is 5.73 Å². The van der Waals surface area contributed by atoms with E-state index in [0.717, 1.165) is 6.42 Å². The molecule has 0 aliphatic rings.